The SMILES string of the molecule is C[Si](C)(C)/C=C/[C@H]1[C@@H](c2ccc(Cl)cc2)N1c1ccccc1. The second-order valence-corrected chi connectivity index (χ2v) is 12.5. The van der Waals surface area contributed by atoms with Gasteiger partial charge in [-0.05, 0) is 29.8 Å². The molecule has 0 saturated carbocycles. The molecule has 1 nitrogen and oxygen atoms in total. The molecular formula is C19H22ClNSi. The Morgan fingerprint density at radius 3 is 2.18 bits per heavy atom. The zero-order valence-corrected chi connectivity index (χ0v) is 15.1. The number of para-hydroxylation sites is 1. The topological polar surface area (TPSA) is 3.01 Å². The zero-order valence-electron chi connectivity index (χ0n) is 13.3. The standard InChI is InChI=1S/C19H22ClNSi/c1-22(2,3)14-13-18-19(15-9-11-16(20)12-10-15)21(18)17-7-5-4-6-8-17/h4-14,18-19H,1-3H3/b14-13+/t18-,19+,21?/m0/s1. The van der Waals surface area contributed by atoms with E-state index in [-0.39, 0.29) is 0 Å². The highest BCUT2D eigenvalue weighted by atomic mass is 35.5. The molecule has 2 aromatic carbocycles. The van der Waals surface area contributed by atoms with Crippen LogP contribution in [0.4, 0.5) is 5.69 Å². The predicted molar refractivity (Wildman–Crippen MR) is 99.4 cm³/mol. The molecule has 114 valence electrons. The van der Waals surface area contributed by atoms with Gasteiger partial charge in [0.05, 0.1) is 20.2 Å². The summed E-state index contributed by atoms with van der Waals surface area (Å²) in [6.45, 7) is 7.11. The molecule has 1 fully saturated rings. The van der Waals surface area contributed by atoms with Crippen molar-refractivity contribution in [1.82, 2.24) is 0 Å². The normalized spacial score (nSPS) is 21.4. The molecular weight excluding hydrogens is 306 g/mol. The highest BCUT2D eigenvalue weighted by Crippen LogP contribution is 2.47. The lowest BCUT2D eigenvalue weighted by Gasteiger charge is -2.08. The molecule has 1 aliphatic heterocycles. The molecule has 3 heteroatoms. The maximum atomic E-state index is 6.03. The molecule has 0 bridgehead atoms. The molecule has 1 aliphatic rings. The van der Waals surface area contributed by atoms with Crippen LogP contribution in [-0.2, 0) is 0 Å². The summed E-state index contributed by atoms with van der Waals surface area (Å²) in [7, 11) is -1.18. The van der Waals surface area contributed by atoms with Gasteiger partial charge in [0.15, 0.2) is 0 Å². The summed E-state index contributed by atoms with van der Waals surface area (Å²) in [5.74, 6) is 0. The van der Waals surface area contributed by atoms with Gasteiger partial charge < -0.3 is 4.90 Å². The van der Waals surface area contributed by atoms with Gasteiger partial charge in [0.25, 0.3) is 0 Å². The van der Waals surface area contributed by atoms with Gasteiger partial charge in [-0.15, -0.1) is 0 Å². The molecule has 1 saturated heterocycles. The van der Waals surface area contributed by atoms with E-state index in [1.807, 2.05) is 12.1 Å². The minimum Gasteiger partial charge on any atom is -0.353 e. The molecule has 0 radical (unpaired) electrons. The summed E-state index contributed by atoms with van der Waals surface area (Å²) in [5.41, 5.74) is 5.06. The van der Waals surface area contributed by atoms with E-state index in [2.05, 4.69) is 78.8 Å². The van der Waals surface area contributed by atoms with Crippen LogP contribution in [0.5, 0.6) is 0 Å². The van der Waals surface area contributed by atoms with Crippen LogP contribution in [0.2, 0.25) is 24.7 Å². The van der Waals surface area contributed by atoms with Crippen LogP contribution < -0.4 is 4.90 Å². The third-order valence-electron chi connectivity index (χ3n) is 3.91. The van der Waals surface area contributed by atoms with Gasteiger partial charge in [-0.3, -0.25) is 0 Å². The molecule has 0 spiro atoms. The van der Waals surface area contributed by atoms with E-state index in [1.165, 1.54) is 11.3 Å². The van der Waals surface area contributed by atoms with E-state index >= 15 is 0 Å². The van der Waals surface area contributed by atoms with Crippen LogP contribution in [0.1, 0.15) is 11.6 Å². The van der Waals surface area contributed by atoms with E-state index in [0.29, 0.717) is 12.1 Å². The third-order valence-corrected chi connectivity index (χ3v) is 5.36. The summed E-state index contributed by atoms with van der Waals surface area (Å²) in [4.78, 5) is 2.47. The Hall–Kier alpha value is -1.51. The minimum absolute atomic E-state index is 0.423. The molecule has 22 heavy (non-hydrogen) atoms. The summed E-state index contributed by atoms with van der Waals surface area (Å²) in [6.07, 6.45) is 2.40. The van der Waals surface area contributed by atoms with Gasteiger partial charge in [0, 0.05) is 10.7 Å². The van der Waals surface area contributed by atoms with Crippen molar-refractivity contribution in [3.63, 3.8) is 0 Å². The second kappa shape index (κ2) is 5.94. The van der Waals surface area contributed by atoms with Crippen molar-refractivity contribution in [2.45, 2.75) is 31.7 Å². The number of halogens is 1. The van der Waals surface area contributed by atoms with Crippen LogP contribution in [0.25, 0.3) is 0 Å². The fourth-order valence-electron chi connectivity index (χ4n) is 2.79. The Kier molecular flexibility index (Phi) is 4.15. The molecule has 1 heterocycles. The fraction of sp³-hybridized carbons (Fsp3) is 0.263. The molecule has 0 aromatic heterocycles. The Balaban J connectivity index is 1.89. The summed E-state index contributed by atoms with van der Waals surface area (Å²) >= 11 is 6.03. The van der Waals surface area contributed by atoms with Crippen LogP contribution in [0.15, 0.2) is 66.4 Å². The molecule has 3 rings (SSSR count). The molecule has 2 atom stereocenters. The Morgan fingerprint density at radius 1 is 0.955 bits per heavy atom. The fourth-order valence-corrected chi connectivity index (χ4v) is 3.69. The number of rotatable bonds is 4. The van der Waals surface area contributed by atoms with Crippen molar-refractivity contribution >= 4 is 25.4 Å². The van der Waals surface area contributed by atoms with Crippen LogP contribution in [-0.4, -0.2) is 14.1 Å². The van der Waals surface area contributed by atoms with Crippen LogP contribution in [0.3, 0.4) is 0 Å². The molecule has 0 aliphatic carbocycles. The van der Waals surface area contributed by atoms with Gasteiger partial charge in [-0.25, -0.2) is 0 Å². The van der Waals surface area contributed by atoms with E-state index in [1.54, 1.807) is 0 Å². The molecule has 2 aromatic rings. The van der Waals surface area contributed by atoms with Gasteiger partial charge in [-0.1, -0.05) is 73.3 Å². The van der Waals surface area contributed by atoms with E-state index in [4.69, 9.17) is 11.6 Å². The average molecular weight is 328 g/mol. The first-order valence-electron chi connectivity index (χ1n) is 7.74. The first-order chi connectivity index (χ1) is 10.5. The first kappa shape index (κ1) is 15.4. The van der Waals surface area contributed by atoms with Crippen LogP contribution >= 0.6 is 11.6 Å². The minimum atomic E-state index is -1.18. The summed E-state index contributed by atoms with van der Waals surface area (Å²) in [6, 6.07) is 19.8. The number of hydrogen-bond acceptors (Lipinski definition) is 1. The monoisotopic (exact) mass is 327 g/mol. The Morgan fingerprint density at radius 2 is 1.59 bits per heavy atom. The summed E-state index contributed by atoms with van der Waals surface area (Å²) < 4.78 is 0. The Labute approximate surface area is 139 Å². The lowest BCUT2D eigenvalue weighted by Crippen LogP contribution is -2.16. The van der Waals surface area contributed by atoms with Gasteiger partial charge in [0.1, 0.15) is 0 Å². The van der Waals surface area contributed by atoms with Crippen molar-refractivity contribution in [3.8, 4) is 0 Å². The van der Waals surface area contributed by atoms with Crippen molar-refractivity contribution in [2.75, 3.05) is 4.90 Å². The number of benzene rings is 2. The molecule has 0 unspecified atom stereocenters. The van der Waals surface area contributed by atoms with Crippen molar-refractivity contribution in [3.05, 3.63) is 77.0 Å². The predicted octanol–water partition coefficient (Wildman–Crippen LogP) is 5.70. The van der Waals surface area contributed by atoms with E-state index in [9.17, 15) is 0 Å². The maximum absolute atomic E-state index is 6.03. The molecule has 0 N–H and O–H groups in total. The smallest absolute Gasteiger partial charge is 0.0789 e. The number of anilines is 1. The number of hydrogen-bond donors (Lipinski definition) is 0. The largest absolute Gasteiger partial charge is 0.353 e. The average Bonchev–Trinajstić information content (AvgIpc) is 3.20. The highest BCUT2D eigenvalue weighted by Gasteiger charge is 2.46. The quantitative estimate of drug-likeness (QED) is 0.514. The lowest BCUT2D eigenvalue weighted by atomic mass is 10.1. The van der Waals surface area contributed by atoms with Gasteiger partial charge in [-0.2, -0.15) is 0 Å². The Bertz CT molecular complexity index is 658. The highest BCUT2D eigenvalue weighted by molar-refractivity contribution is 6.80. The summed E-state index contributed by atoms with van der Waals surface area (Å²) in [5, 5.41) is 0.796. The van der Waals surface area contributed by atoms with E-state index in [0.717, 1.165) is 5.02 Å². The second-order valence-electron chi connectivity index (χ2n) is 6.95. The maximum Gasteiger partial charge on any atom is 0.0789 e. The van der Waals surface area contributed by atoms with Gasteiger partial charge in [0.2, 0.25) is 0 Å². The van der Waals surface area contributed by atoms with Crippen molar-refractivity contribution < 1.29 is 0 Å². The molecule has 0 amide bonds. The lowest BCUT2D eigenvalue weighted by molar-refractivity contribution is 1.09. The van der Waals surface area contributed by atoms with Crippen molar-refractivity contribution in [1.29, 1.82) is 0 Å². The van der Waals surface area contributed by atoms with E-state index < -0.39 is 8.07 Å². The zero-order chi connectivity index (χ0) is 15.7. The van der Waals surface area contributed by atoms with Crippen molar-refractivity contribution in [2.24, 2.45) is 0 Å². The first-order valence-corrected chi connectivity index (χ1v) is 11.7. The van der Waals surface area contributed by atoms with Gasteiger partial charge >= 0.3 is 0 Å². The number of nitrogens with zero attached hydrogens (tertiary/aromatic N) is 1. The van der Waals surface area contributed by atoms with Crippen LogP contribution in [0, 0.1) is 0 Å². The third kappa shape index (κ3) is 3.45.